The van der Waals surface area contributed by atoms with Gasteiger partial charge in [0.15, 0.2) is 0 Å². The lowest BCUT2D eigenvalue weighted by Crippen LogP contribution is -2.13. The number of thiophene rings is 1. The van der Waals surface area contributed by atoms with Crippen LogP contribution in [-0.4, -0.2) is 10.8 Å². The van der Waals surface area contributed by atoms with Crippen molar-refractivity contribution in [3.05, 3.63) is 55.9 Å². The fraction of sp³-hybridized carbons (Fsp3) is 0.200. The quantitative estimate of drug-likeness (QED) is 0.688. The Labute approximate surface area is 131 Å². The molecule has 0 spiro atoms. The molecule has 2 aromatic rings. The van der Waals surface area contributed by atoms with Crippen LogP contribution in [0.1, 0.15) is 33.3 Å². The highest BCUT2D eigenvalue weighted by atomic mass is 32.1. The summed E-state index contributed by atoms with van der Waals surface area (Å²) >= 11 is 1.36. The first kappa shape index (κ1) is 15.7. The van der Waals surface area contributed by atoms with E-state index in [9.17, 15) is 14.9 Å². The van der Waals surface area contributed by atoms with Gasteiger partial charge in [-0.15, -0.1) is 11.3 Å². The smallest absolute Gasteiger partial charge is 0.269 e. The van der Waals surface area contributed by atoms with Gasteiger partial charge in [0.1, 0.15) is 11.1 Å². The predicted molar refractivity (Wildman–Crippen MR) is 84.2 cm³/mol. The standard InChI is InChI=1S/C15H13N3O3S/c1-3-12-7-10(8-16)15(22-12)17-14(19)13-5-4-11(18(20)21)6-9(13)2/h4-7H,3H2,1-2H3,(H,17,19). The van der Waals surface area contributed by atoms with Crippen LogP contribution in [0.25, 0.3) is 0 Å². The largest absolute Gasteiger partial charge is 0.312 e. The molecule has 1 N–H and O–H groups in total. The normalized spacial score (nSPS) is 10.0. The lowest BCUT2D eigenvalue weighted by Gasteiger charge is -2.06. The maximum Gasteiger partial charge on any atom is 0.269 e. The zero-order valence-corrected chi connectivity index (χ0v) is 12.9. The number of benzene rings is 1. The highest BCUT2D eigenvalue weighted by Crippen LogP contribution is 2.29. The highest BCUT2D eigenvalue weighted by Gasteiger charge is 2.16. The number of nitro groups is 1. The van der Waals surface area contributed by atoms with E-state index in [2.05, 4.69) is 11.4 Å². The van der Waals surface area contributed by atoms with Crippen molar-refractivity contribution in [2.45, 2.75) is 20.3 Å². The molecule has 2 rings (SSSR count). The maximum absolute atomic E-state index is 12.3. The molecular formula is C15H13N3O3S. The molecule has 1 aromatic carbocycles. The SMILES string of the molecule is CCc1cc(C#N)c(NC(=O)c2ccc([N+](=O)[O-])cc2C)s1. The van der Waals surface area contributed by atoms with E-state index in [4.69, 9.17) is 5.26 Å². The second-order valence-corrected chi connectivity index (χ2v) is 5.77. The Morgan fingerprint density at radius 1 is 1.45 bits per heavy atom. The van der Waals surface area contributed by atoms with Gasteiger partial charge in [0, 0.05) is 22.6 Å². The number of non-ortho nitro benzene ring substituents is 1. The van der Waals surface area contributed by atoms with E-state index in [1.54, 1.807) is 13.0 Å². The zero-order valence-electron chi connectivity index (χ0n) is 12.0. The molecule has 1 amide bonds. The van der Waals surface area contributed by atoms with E-state index in [1.807, 2.05) is 6.92 Å². The molecule has 0 unspecified atom stereocenters. The topological polar surface area (TPSA) is 96.0 Å². The second-order valence-electron chi connectivity index (χ2n) is 4.63. The summed E-state index contributed by atoms with van der Waals surface area (Å²) in [5.74, 6) is -0.381. The number of nitrogens with one attached hydrogen (secondary N) is 1. The molecule has 0 fully saturated rings. The molecule has 22 heavy (non-hydrogen) atoms. The van der Waals surface area contributed by atoms with E-state index in [-0.39, 0.29) is 11.6 Å². The molecule has 0 saturated carbocycles. The number of hydrogen-bond donors (Lipinski definition) is 1. The first-order chi connectivity index (χ1) is 10.5. The first-order valence-electron chi connectivity index (χ1n) is 6.55. The maximum atomic E-state index is 12.3. The van der Waals surface area contributed by atoms with Crippen molar-refractivity contribution < 1.29 is 9.72 Å². The summed E-state index contributed by atoms with van der Waals surface area (Å²) in [6.45, 7) is 3.61. The zero-order chi connectivity index (χ0) is 16.3. The molecule has 112 valence electrons. The van der Waals surface area contributed by atoms with Gasteiger partial charge in [-0.25, -0.2) is 0 Å². The molecule has 0 radical (unpaired) electrons. The lowest BCUT2D eigenvalue weighted by molar-refractivity contribution is -0.384. The molecule has 0 atom stereocenters. The van der Waals surface area contributed by atoms with Crippen molar-refractivity contribution in [1.29, 1.82) is 5.26 Å². The number of aryl methyl sites for hydroxylation is 2. The predicted octanol–water partition coefficient (Wildman–Crippen LogP) is 3.65. The van der Waals surface area contributed by atoms with Crippen LogP contribution in [0.5, 0.6) is 0 Å². The van der Waals surface area contributed by atoms with Gasteiger partial charge in [-0.1, -0.05) is 6.92 Å². The van der Waals surface area contributed by atoms with E-state index >= 15 is 0 Å². The third kappa shape index (κ3) is 3.13. The van der Waals surface area contributed by atoms with Gasteiger partial charge in [0.2, 0.25) is 0 Å². The van der Waals surface area contributed by atoms with Gasteiger partial charge in [-0.05, 0) is 31.0 Å². The second kappa shape index (κ2) is 6.37. The number of nitriles is 1. The van der Waals surface area contributed by atoms with Crippen molar-refractivity contribution in [2.75, 3.05) is 5.32 Å². The molecule has 1 aromatic heterocycles. The number of nitro benzene ring substituents is 1. The Bertz CT molecular complexity index is 790. The van der Waals surface area contributed by atoms with E-state index in [1.165, 1.54) is 29.5 Å². The van der Waals surface area contributed by atoms with Gasteiger partial charge in [-0.2, -0.15) is 5.26 Å². The summed E-state index contributed by atoms with van der Waals surface area (Å²) in [6.07, 6.45) is 0.784. The molecule has 0 bridgehead atoms. The first-order valence-corrected chi connectivity index (χ1v) is 7.37. The van der Waals surface area contributed by atoms with Crippen molar-refractivity contribution in [2.24, 2.45) is 0 Å². The summed E-state index contributed by atoms with van der Waals surface area (Å²) in [7, 11) is 0. The minimum absolute atomic E-state index is 0.0591. The Morgan fingerprint density at radius 2 is 2.18 bits per heavy atom. The van der Waals surface area contributed by atoms with Gasteiger partial charge >= 0.3 is 0 Å². The van der Waals surface area contributed by atoms with Crippen LogP contribution < -0.4 is 5.32 Å². The number of nitrogens with zero attached hydrogens (tertiary/aromatic N) is 2. The number of rotatable bonds is 4. The summed E-state index contributed by atoms with van der Waals surface area (Å²) in [6, 6.07) is 7.87. The summed E-state index contributed by atoms with van der Waals surface area (Å²) in [4.78, 5) is 23.5. The van der Waals surface area contributed by atoms with Crippen molar-refractivity contribution in [3.63, 3.8) is 0 Å². The van der Waals surface area contributed by atoms with Crippen molar-refractivity contribution in [3.8, 4) is 6.07 Å². The molecule has 0 aliphatic rings. The Balaban J connectivity index is 2.28. The van der Waals surface area contributed by atoms with Crippen molar-refractivity contribution >= 4 is 27.9 Å². The minimum atomic E-state index is -0.505. The lowest BCUT2D eigenvalue weighted by atomic mass is 10.1. The third-order valence-corrected chi connectivity index (χ3v) is 4.34. The van der Waals surface area contributed by atoms with E-state index < -0.39 is 4.92 Å². The minimum Gasteiger partial charge on any atom is -0.312 e. The monoisotopic (exact) mass is 315 g/mol. The summed E-state index contributed by atoms with van der Waals surface area (Å²) < 4.78 is 0. The highest BCUT2D eigenvalue weighted by molar-refractivity contribution is 7.16. The van der Waals surface area contributed by atoms with Crippen LogP contribution in [0, 0.1) is 28.4 Å². The van der Waals surface area contributed by atoms with E-state index in [0.29, 0.717) is 21.7 Å². The number of carbonyl (C=O) groups is 1. The molecule has 0 saturated heterocycles. The molecule has 6 nitrogen and oxygen atoms in total. The molecule has 7 heteroatoms. The Kier molecular flexibility index (Phi) is 4.53. The number of carbonyl (C=O) groups excluding carboxylic acids is 1. The number of amides is 1. The number of anilines is 1. The van der Waals surface area contributed by atoms with Crippen LogP contribution in [0.3, 0.4) is 0 Å². The summed E-state index contributed by atoms with van der Waals surface area (Å²) in [5, 5.41) is 23.0. The van der Waals surface area contributed by atoms with Crippen molar-refractivity contribution in [1.82, 2.24) is 0 Å². The Morgan fingerprint density at radius 3 is 2.73 bits per heavy atom. The average molecular weight is 315 g/mol. The third-order valence-electron chi connectivity index (χ3n) is 3.14. The fourth-order valence-electron chi connectivity index (χ4n) is 1.98. The van der Waals surface area contributed by atoms with Crippen LogP contribution >= 0.6 is 11.3 Å². The van der Waals surface area contributed by atoms with E-state index in [0.717, 1.165) is 11.3 Å². The molecule has 1 heterocycles. The number of hydrogen-bond acceptors (Lipinski definition) is 5. The molecule has 0 aliphatic carbocycles. The average Bonchev–Trinajstić information content (AvgIpc) is 2.88. The van der Waals surface area contributed by atoms with Gasteiger partial charge in [0.25, 0.3) is 11.6 Å². The fourth-order valence-corrected chi connectivity index (χ4v) is 2.92. The van der Waals surface area contributed by atoms with Crippen LogP contribution in [0.2, 0.25) is 0 Å². The van der Waals surface area contributed by atoms with Gasteiger partial charge in [-0.3, -0.25) is 14.9 Å². The summed E-state index contributed by atoms with van der Waals surface area (Å²) in [5.41, 5.74) is 1.23. The van der Waals surface area contributed by atoms with Gasteiger partial charge in [0.05, 0.1) is 10.5 Å². The van der Waals surface area contributed by atoms with Crippen LogP contribution in [-0.2, 0) is 6.42 Å². The molecule has 0 aliphatic heterocycles. The van der Waals surface area contributed by atoms with Crippen LogP contribution in [0.15, 0.2) is 24.3 Å². The molecular weight excluding hydrogens is 302 g/mol. The Hall–Kier alpha value is -2.72. The van der Waals surface area contributed by atoms with Crippen LogP contribution in [0.4, 0.5) is 10.7 Å². The van der Waals surface area contributed by atoms with Gasteiger partial charge < -0.3 is 5.32 Å².